The van der Waals surface area contributed by atoms with E-state index in [9.17, 15) is 9.59 Å². The lowest BCUT2D eigenvalue weighted by molar-refractivity contribution is -0.119. The van der Waals surface area contributed by atoms with Crippen LogP contribution in [0.15, 0.2) is 0 Å². The quantitative estimate of drug-likeness (QED) is 0.877. The number of nitrogens with one attached hydrogen (secondary N) is 2. The fraction of sp³-hybridized carbons (Fsp3) is 0.643. The number of H-pyrrole nitrogens is 1. The second-order valence-corrected chi connectivity index (χ2v) is 6.16. The molecule has 0 saturated heterocycles. The van der Waals surface area contributed by atoms with Crippen LogP contribution in [-0.4, -0.2) is 53.0 Å². The molecule has 0 bridgehead atoms. The van der Waals surface area contributed by atoms with Crippen LogP contribution in [0.3, 0.4) is 0 Å². The zero-order valence-corrected chi connectivity index (χ0v) is 13.4. The molecule has 2 amide bonds. The lowest BCUT2D eigenvalue weighted by Crippen LogP contribution is -2.40. The fourth-order valence-electron chi connectivity index (χ4n) is 2.20. The largest absolute Gasteiger partial charge is 0.444 e. The van der Waals surface area contributed by atoms with E-state index in [0.717, 1.165) is 11.3 Å². The number of ether oxygens (including phenoxy) is 2. The molecule has 0 aliphatic carbocycles. The van der Waals surface area contributed by atoms with E-state index in [1.165, 1.54) is 7.11 Å². The Hall–Kier alpha value is -2.09. The summed E-state index contributed by atoms with van der Waals surface area (Å²) in [5, 5.41) is 9.66. The summed E-state index contributed by atoms with van der Waals surface area (Å²) in [6.45, 7) is 6.39. The Morgan fingerprint density at radius 2 is 2.14 bits per heavy atom. The Labute approximate surface area is 129 Å². The van der Waals surface area contributed by atoms with Crippen molar-refractivity contribution in [1.29, 1.82) is 0 Å². The maximum atomic E-state index is 12.1. The molecule has 2 rings (SSSR count). The molecule has 2 heterocycles. The normalized spacial score (nSPS) is 14.5. The van der Waals surface area contributed by atoms with Crippen molar-refractivity contribution >= 4 is 17.8 Å². The summed E-state index contributed by atoms with van der Waals surface area (Å²) in [6.07, 6.45) is 0.255. The molecule has 0 spiro atoms. The number of anilines is 1. The Bertz CT molecular complexity index is 562. The lowest BCUT2D eigenvalue weighted by Gasteiger charge is -2.29. The molecular weight excluding hydrogens is 288 g/mol. The first-order chi connectivity index (χ1) is 10.3. The number of hydrogen-bond donors (Lipinski definition) is 2. The number of rotatable bonds is 3. The molecule has 0 saturated carbocycles. The molecule has 0 unspecified atom stereocenters. The average molecular weight is 310 g/mol. The smallest absolute Gasteiger partial charge is 0.410 e. The highest BCUT2D eigenvalue weighted by Gasteiger charge is 2.28. The van der Waals surface area contributed by atoms with Gasteiger partial charge in [0.25, 0.3) is 5.91 Å². The third-order valence-electron chi connectivity index (χ3n) is 3.12. The van der Waals surface area contributed by atoms with Crippen molar-refractivity contribution in [1.82, 2.24) is 15.1 Å². The van der Waals surface area contributed by atoms with Gasteiger partial charge in [0.1, 0.15) is 12.2 Å². The average Bonchev–Trinajstić information content (AvgIpc) is 2.79. The van der Waals surface area contributed by atoms with Gasteiger partial charge in [0.2, 0.25) is 0 Å². The number of methoxy groups -OCH3 is 1. The summed E-state index contributed by atoms with van der Waals surface area (Å²) in [4.78, 5) is 25.2. The number of aromatic nitrogens is 2. The van der Waals surface area contributed by atoms with Crippen molar-refractivity contribution in [2.45, 2.75) is 39.3 Å². The van der Waals surface area contributed by atoms with Gasteiger partial charge in [-0.2, -0.15) is 5.10 Å². The number of aromatic amines is 1. The van der Waals surface area contributed by atoms with E-state index in [1.54, 1.807) is 4.90 Å². The zero-order chi connectivity index (χ0) is 16.3. The second kappa shape index (κ2) is 6.35. The van der Waals surface area contributed by atoms with Gasteiger partial charge in [0, 0.05) is 19.2 Å². The Balaban J connectivity index is 2.02. The summed E-state index contributed by atoms with van der Waals surface area (Å²) >= 11 is 0. The van der Waals surface area contributed by atoms with Gasteiger partial charge < -0.3 is 19.7 Å². The van der Waals surface area contributed by atoms with Crippen molar-refractivity contribution in [3.8, 4) is 0 Å². The van der Waals surface area contributed by atoms with Crippen LogP contribution < -0.4 is 5.32 Å². The van der Waals surface area contributed by atoms with Crippen molar-refractivity contribution in [3.05, 3.63) is 11.3 Å². The molecule has 0 aromatic carbocycles. The molecular formula is C14H22N4O4. The van der Waals surface area contributed by atoms with E-state index >= 15 is 0 Å². The summed E-state index contributed by atoms with van der Waals surface area (Å²) in [6, 6.07) is 0. The van der Waals surface area contributed by atoms with Crippen LogP contribution in [0.5, 0.6) is 0 Å². The van der Waals surface area contributed by atoms with Gasteiger partial charge in [-0.1, -0.05) is 0 Å². The maximum Gasteiger partial charge on any atom is 0.410 e. The van der Waals surface area contributed by atoms with Crippen LogP contribution in [0.4, 0.5) is 10.6 Å². The molecule has 0 radical (unpaired) electrons. The summed E-state index contributed by atoms with van der Waals surface area (Å²) in [7, 11) is 1.46. The number of fused-ring (bicyclic) bond motifs is 1. The van der Waals surface area contributed by atoms with Crippen molar-refractivity contribution < 1.29 is 19.1 Å². The number of carbonyl (C=O) groups excluding carboxylic acids is 2. The van der Waals surface area contributed by atoms with Gasteiger partial charge in [-0.25, -0.2) is 4.79 Å². The fourth-order valence-corrected chi connectivity index (χ4v) is 2.20. The topological polar surface area (TPSA) is 96.5 Å². The third-order valence-corrected chi connectivity index (χ3v) is 3.12. The van der Waals surface area contributed by atoms with Gasteiger partial charge in [-0.05, 0) is 27.2 Å². The molecule has 1 aromatic rings. The molecule has 8 nitrogen and oxygen atoms in total. The van der Waals surface area contributed by atoms with Crippen LogP contribution in [0.2, 0.25) is 0 Å². The molecule has 0 atom stereocenters. The molecule has 1 aliphatic heterocycles. The van der Waals surface area contributed by atoms with Crippen LogP contribution in [0.1, 0.15) is 32.0 Å². The standard InChI is InChI=1S/C14H22N4O4/c1-14(2,3)22-13(20)18-6-5-9-10(7-18)16-17-12(9)15-11(19)8-21-4/h5-8H2,1-4H3,(H2,15,16,17,19). The van der Waals surface area contributed by atoms with Crippen LogP contribution in [0.25, 0.3) is 0 Å². The SMILES string of the molecule is COCC(=O)Nc1n[nH]c2c1CCN(C(=O)OC(C)(C)C)C2. The minimum Gasteiger partial charge on any atom is -0.444 e. The van der Waals surface area contributed by atoms with E-state index in [2.05, 4.69) is 15.5 Å². The zero-order valence-electron chi connectivity index (χ0n) is 13.4. The van der Waals surface area contributed by atoms with E-state index in [0.29, 0.717) is 25.3 Å². The predicted octanol–water partition coefficient (Wildman–Crippen LogP) is 1.29. The lowest BCUT2D eigenvalue weighted by atomic mass is 10.1. The second-order valence-electron chi connectivity index (χ2n) is 6.16. The highest BCUT2D eigenvalue weighted by atomic mass is 16.6. The van der Waals surface area contributed by atoms with Crippen LogP contribution >= 0.6 is 0 Å². The Kier molecular flexibility index (Phi) is 4.70. The van der Waals surface area contributed by atoms with E-state index < -0.39 is 5.60 Å². The first-order valence-electron chi connectivity index (χ1n) is 7.13. The molecule has 1 aromatic heterocycles. The maximum absolute atomic E-state index is 12.1. The first-order valence-corrected chi connectivity index (χ1v) is 7.13. The molecule has 8 heteroatoms. The number of hydrogen-bond acceptors (Lipinski definition) is 5. The van der Waals surface area contributed by atoms with Crippen molar-refractivity contribution in [3.63, 3.8) is 0 Å². The molecule has 2 N–H and O–H groups in total. The van der Waals surface area contributed by atoms with Gasteiger partial charge in [-0.15, -0.1) is 0 Å². The van der Waals surface area contributed by atoms with Gasteiger partial charge in [-0.3, -0.25) is 9.89 Å². The molecule has 22 heavy (non-hydrogen) atoms. The predicted molar refractivity (Wildman–Crippen MR) is 79.4 cm³/mol. The highest BCUT2D eigenvalue weighted by molar-refractivity contribution is 5.91. The minimum atomic E-state index is -0.523. The number of carbonyl (C=O) groups is 2. The number of nitrogens with zero attached hydrogens (tertiary/aromatic N) is 2. The van der Waals surface area contributed by atoms with E-state index in [4.69, 9.17) is 9.47 Å². The minimum absolute atomic E-state index is 0.0222. The third kappa shape index (κ3) is 3.97. The van der Waals surface area contributed by atoms with Crippen molar-refractivity contribution in [2.24, 2.45) is 0 Å². The molecule has 122 valence electrons. The summed E-state index contributed by atoms with van der Waals surface area (Å²) in [5.74, 6) is 0.243. The van der Waals surface area contributed by atoms with Gasteiger partial charge in [0.15, 0.2) is 5.82 Å². The summed E-state index contributed by atoms with van der Waals surface area (Å²) in [5.41, 5.74) is 1.21. The highest BCUT2D eigenvalue weighted by Crippen LogP contribution is 2.24. The molecule has 1 aliphatic rings. The Morgan fingerprint density at radius 3 is 2.77 bits per heavy atom. The van der Waals surface area contributed by atoms with Crippen LogP contribution in [-0.2, 0) is 27.2 Å². The monoisotopic (exact) mass is 310 g/mol. The van der Waals surface area contributed by atoms with Crippen LogP contribution in [0, 0.1) is 0 Å². The van der Waals surface area contributed by atoms with Gasteiger partial charge in [0.05, 0.1) is 12.2 Å². The van der Waals surface area contributed by atoms with Crippen molar-refractivity contribution in [2.75, 3.05) is 25.6 Å². The van der Waals surface area contributed by atoms with Gasteiger partial charge >= 0.3 is 6.09 Å². The Morgan fingerprint density at radius 1 is 1.41 bits per heavy atom. The van der Waals surface area contributed by atoms with E-state index in [-0.39, 0.29) is 18.6 Å². The first kappa shape index (κ1) is 16.3. The number of amides is 2. The summed E-state index contributed by atoms with van der Waals surface area (Å²) < 4.78 is 10.1. The van der Waals surface area contributed by atoms with E-state index in [1.807, 2.05) is 20.8 Å². The molecule has 0 fully saturated rings.